The van der Waals surface area contributed by atoms with E-state index in [1.165, 1.54) is 0 Å². The van der Waals surface area contributed by atoms with Crippen LogP contribution in [0.4, 0.5) is 0 Å². The number of carbonyl (C=O) groups is 2. The molecule has 3 aromatic rings. The Bertz CT molecular complexity index is 1190. The van der Waals surface area contributed by atoms with Crippen LogP contribution in [0.1, 0.15) is 40.3 Å². The third-order valence-corrected chi connectivity index (χ3v) is 7.41. The lowest BCUT2D eigenvalue weighted by Gasteiger charge is -2.29. The molecule has 2 aromatic carbocycles. The molecule has 0 spiro atoms. The number of benzene rings is 2. The van der Waals surface area contributed by atoms with Crippen molar-refractivity contribution >= 4 is 35.0 Å². The van der Waals surface area contributed by atoms with Crippen molar-refractivity contribution in [1.82, 2.24) is 14.7 Å². The summed E-state index contributed by atoms with van der Waals surface area (Å²) >= 11 is 12.3. The summed E-state index contributed by atoms with van der Waals surface area (Å²) in [6, 6.07) is 18.7. The molecule has 1 aromatic heterocycles. The Hall–Kier alpha value is -2.80. The predicted molar refractivity (Wildman–Crippen MR) is 147 cm³/mol. The molecule has 1 fully saturated rings. The topological polar surface area (TPSA) is 57.0 Å². The van der Waals surface area contributed by atoms with Crippen LogP contribution in [0.5, 0.6) is 0 Å². The molecule has 0 radical (unpaired) electrons. The first-order valence-electron chi connectivity index (χ1n) is 12.7. The molecule has 0 aliphatic carbocycles. The quantitative estimate of drug-likeness (QED) is 0.312. The second-order valence-electron chi connectivity index (χ2n) is 9.47. The van der Waals surface area contributed by atoms with Crippen LogP contribution in [0, 0.1) is 6.92 Å². The highest BCUT2D eigenvalue weighted by molar-refractivity contribution is 6.42. The summed E-state index contributed by atoms with van der Waals surface area (Å²) < 4.78 is 5.77. The van der Waals surface area contributed by atoms with Gasteiger partial charge in [-0.3, -0.25) is 9.59 Å². The number of aryl methyl sites for hydroxylation is 1. The van der Waals surface area contributed by atoms with Crippen LogP contribution >= 0.6 is 23.2 Å². The highest BCUT2D eigenvalue weighted by Crippen LogP contribution is 2.23. The van der Waals surface area contributed by atoms with E-state index in [4.69, 9.17) is 27.6 Å². The number of likely N-dealkylation sites (tertiary alicyclic amines) is 1. The maximum Gasteiger partial charge on any atom is 0.254 e. The summed E-state index contributed by atoms with van der Waals surface area (Å²) in [5.41, 5.74) is 1.56. The number of amides is 2. The summed E-state index contributed by atoms with van der Waals surface area (Å²) in [6.07, 6.45) is 3.03. The van der Waals surface area contributed by atoms with Crippen LogP contribution in [-0.4, -0.2) is 65.8 Å². The molecule has 196 valence electrons. The van der Waals surface area contributed by atoms with Crippen molar-refractivity contribution in [3.8, 4) is 0 Å². The van der Waals surface area contributed by atoms with Gasteiger partial charge in [-0.05, 0) is 75.2 Å². The summed E-state index contributed by atoms with van der Waals surface area (Å²) in [5, 5.41) is 0.703. The summed E-state index contributed by atoms with van der Waals surface area (Å²) in [5.74, 6) is 1.16. The highest BCUT2D eigenvalue weighted by atomic mass is 35.5. The zero-order valence-corrected chi connectivity index (χ0v) is 22.7. The van der Waals surface area contributed by atoms with Crippen molar-refractivity contribution in [3.63, 3.8) is 0 Å². The van der Waals surface area contributed by atoms with Gasteiger partial charge in [0.1, 0.15) is 18.1 Å². The van der Waals surface area contributed by atoms with Gasteiger partial charge in [0, 0.05) is 25.2 Å². The van der Waals surface area contributed by atoms with Crippen LogP contribution in [0.2, 0.25) is 10.0 Å². The zero-order valence-electron chi connectivity index (χ0n) is 21.2. The standard InChI is InChI=1S/C29H33Cl2N3O3/c1-22-9-11-25(37-22)20-33(16-13-23-7-3-2-4-8-23)28(35)21-34(18-17-32-14-5-6-15-32)29(36)24-10-12-26(30)27(31)19-24/h2-4,7-12,19H,5-6,13-18,20-21H2,1H3. The maximum atomic E-state index is 13.7. The van der Waals surface area contributed by atoms with E-state index in [0.29, 0.717) is 41.7 Å². The number of carbonyl (C=O) groups excluding carboxylic acids is 2. The maximum absolute atomic E-state index is 13.7. The fourth-order valence-electron chi connectivity index (χ4n) is 4.55. The SMILES string of the molecule is Cc1ccc(CN(CCc2ccccc2)C(=O)CN(CCN2CCCC2)C(=O)c2ccc(Cl)c(Cl)c2)o1. The van der Waals surface area contributed by atoms with Gasteiger partial charge in [-0.25, -0.2) is 0 Å². The zero-order chi connectivity index (χ0) is 26.2. The van der Waals surface area contributed by atoms with Crippen LogP contribution in [0.3, 0.4) is 0 Å². The number of rotatable bonds is 11. The molecular weight excluding hydrogens is 509 g/mol. The lowest BCUT2D eigenvalue weighted by Crippen LogP contribution is -2.45. The average molecular weight is 543 g/mol. The molecule has 0 atom stereocenters. The lowest BCUT2D eigenvalue weighted by molar-refractivity contribution is -0.132. The molecule has 0 unspecified atom stereocenters. The van der Waals surface area contributed by atoms with Gasteiger partial charge in [0.05, 0.1) is 16.6 Å². The fourth-order valence-corrected chi connectivity index (χ4v) is 4.85. The lowest BCUT2D eigenvalue weighted by atomic mass is 10.1. The first-order valence-corrected chi connectivity index (χ1v) is 13.5. The van der Waals surface area contributed by atoms with Crippen molar-refractivity contribution in [2.24, 2.45) is 0 Å². The van der Waals surface area contributed by atoms with Crippen LogP contribution in [0.15, 0.2) is 65.1 Å². The molecule has 2 heterocycles. The third-order valence-electron chi connectivity index (χ3n) is 6.67. The number of hydrogen-bond donors (Lipinski definition) is 0. The largest absolute Gasteiger partial charge is 0.464 e. The van der Waals surface area contributed by atoms with Gasteiger partial charge < -0.3 is 19.1 Å². The van der Waals surface area contributed by atoms with Crippen LogP contribution in [0.25, 0.3) is 0 Å². The molecule has 0 N–H and O–H groups in total. The normalized spacial score (nSPS) is 13.6. The highest BCUT2D eigenvalue weighted by Gasteiger charge is 2.25. The Kier molecular flexibility index (Phi) is 9.67. The van der Waals surface area contributed by atoms with Gasteiger partial charge in [0.15, 0.2) is 0 Å². The third kappa shape index (κ3) is 7.84. The molecule has 2 amide bonds. The van der Waals surface area contributed by atoms with Crippen molar-refractivity contribution in [2.75, 3.05) is 39.3 Å². The monoisotopic (exact) mass is 541 g/mol. The first kappa shape index (κ1) is 27.2. The van der Waals surface area contributed by atoms with Crippen molar-refractivity contribution < 1.29 is 14.0 Å². The smallest absolute Gasteiger partial charge is 0.254 e. The Morgan fingerprint density at radius 3 is 2.35 bits per heavy atom. The molecular formula is C29H33Cl2N3O3. The minimum absolute atomic E-state index is 0.0264. The van der Waals surface area contributed by atoms with Gasteiger partial charge in [-0.2, -0.15) is 0 Å². The molecule has 1 saturated heterocycles. The number of nitrogens with zero attached hydrogens (tertiary/aromatic N) is 3. The molecule has 0 bridgehead atoms. The van der Waals surface area contributed by atoms with E-state index in [9.17, 15) is 9.59 Å². The second-order valence-corrected chi connectivity index (χ2v) is 10.3. The predicted octanol–water partition coefficient (Wildman–Crippen LogP) is 5.70. The van der Waals surface area contributed by atoms with E-state index in [1.807, 2.05) is 37.3 Å². The summed E-state index contributed by atoms with van der Waals surface area (Å²) in [4.78, 5) is 32.9. The first-order chi connectivity index (χ1) is 17.9. The summed E-state index contributed by atoms with van der Waals surface area (Å²) in [6.45, 7) is 5.94. The number of halogens is 2. The van der Waals surface area contributed by atoms with Gasteiger partial charge in [-0.15, -0.1) is 0 Å². The molecule has 4 rings (SSSR count). The Labute approximate surface area is 228 Å². The van der Waals surface area contributed by atoms with E-state index in [-0.39, 0.29) is 18.4 Å². The molecule has 8 heteroatoms. The number of hydrogen-bond acceptors (Lipinski definition) is 4. The molecule has 37 heavy (non-hydrogen) atoms. The van der Waals surface area contributed by atoms with Crippen LogP contribution in [-0.2, 0) is 17.8 Å². The van der Waals surface area contributed by atoms with E-state index in [2.05, 4.69) is 17.0 Å². The fraction of sp³-hybridized carbons (Fsp3) is 0.379. The van der Waals surface area contributed by atoms with Crippen LogP contribution < -0.4 is 0 Å². The Morgan fingerprint density at radius 2 is 1.68 bits per heavy atom. The minimum atomic E-state index is -0.233. The van der Waals surface area contributed by atoms with Gasteiger partial charge in [0.25, 0.3) is 5.91 Å². The van der Waals surface area contributed by atoms with E-state index < -0.39 is 0 Å². The van der Waals surface area contributed by atoms with Crippen molar-refractivity contribution in [1.29, 1.82) is 0 Å². The second kappa shape index (κ2) is 13.1. The summed E-state index contributed by atoms with van der Waals surface area (Å²) in [7, 11) is 0. The number of furan rings is 1. The van der Waals surface area contributed by atoms with E-state index in [0.717, 1.165) is 49.6 Å². The van der Waals surface area contributed by atoms with Crippen molar-refractivity contribution in [2.45, 2.75) is 32.7 Å². The van der Waals surface area contributed by atoms with Gasteiger partial charge in [-0.1, -0.05) is 53.5 Å². The average Bonchev–Trinajstić information content (AvgIpc) is 3.57. The van der Waals surface area contributed by atoms with E-state index >= 15 is 0 Å². The van der Waals surface area contributed by atoms with Crippen molar-refractivity contribution in [3.05, 3.63) is 93.4 Å². The Balaban J connectivity index is 1.51. The Morgan fingerprint density at radius 1 is 0.919 bits per heavy atom. The molecule has 1 aliphatic heterocycles. The minimum Gasteiger partial charge on any atom is -0.464 e. The molecule has 6 nitrogen and oxygen atoms in total. The van der Waals surface area contributed by atoms with Gasteiger partial charge in [0.2, 0.25) is 5.91 Å². The molecule has 1 aliphatic rings. The van der Waals surface area contributed by atoms with Gasteiger partial charge >= 0.3 is 0 Å². The van der Waals surface area contributed by atoms with E-state index in [1.54, 1.807) is 28.0 Å². The molecule has 0 saturated carbocycles.